The summed E-state index contributed by atoms with van der Waals surface area (Å²) < 4.78 is 5.51. The molecule has 3 fully saturated rings. The standard InChI is InChI=1S/C24H32N2O/c1-6-24(4)14-17-10-12-26(24)15-21(17)23(16(2)3)19-9-11-25-22-8-7-18(27-5)13-20(19)22/h6-9,11,13,16-17,21,23H,1,10,12,14-15H2,2-5H3/t17?,21?,23-,24?/m1/s1. The average Bonchev–Trinajstić information content (AvgIpc) is 2.68. The fourth-order valence-electron chi connectivity index (χ4n) is 5.68. The highest BCUT2D eigenvalue weighted by molar-refractivity contribution is 5.84. The first-order chi connectivity index (χ1) is 13.0. The molecule has 27 heavy (non-hydrogen) atoms. The number of pyridine rings is 1. The van der Waals surface area contributed by atoms with Crippen LogP contribution in [0.25, 0.3) is 10.9 Å². The van der Waals surface area contributed by atoms with Gasteiger partial charge in [0, 0.05) is 23.7 Å². The molecule has 4 unspecified atom stereocenters. The van der Waals surface area contributed by atoms with Gasteiger partial charge in [-0.05, 0) is 79.8 Å². The molecule has 0 amide bonds. The molecule has 0 N–H and O–H groups in total. The van der Waals surface area contributed by atoms with Crippen molar-refractivity contribution in [3.8, 4) is 5.75 Å². The van der Waals surface area contributed by atoms with Crippen molar-refractivity contribution in [1.82, 2.24) is 9.88 Å². The summed E-state index contributed by atoms with van der Waals surface area (Å²) in [5.41, 5.74) is 2.67. The number of hydrogen-bond donors (Lipinski definition) is 0. The number of hydrogen-bond acceptors (Lipinski definition) is 3. The van der Waals surface area contributed by atoms with Gasteiger partial charge in [0.05, 0.1) is 12.6 Å². The molecule has 3 saturated heterocycles. The molecule has 2 aromatic rings. The third-order valence-corrected chi connectivity index (χ3v) is 7.17. The Kier molecular flexibility index (Phi) is 4.75. The Hall–Kier alpha value is -1.87. The summed E-state index contributed by atoms with van der Waals surface area (Å²) in [5.74, 6) is 3.47. The zero-order chi connectivity index (χ0) is 19.2. The van der Waals surface area contributed by atoms with Crippen LogP contribution >= 0.6 is 0 Å². The molecule has 5 rings (SSSR count). The Balaban J connectivity index is 1.77. The predicted molar refractivity (Wildman–Crippen MR) is 112 cm³/mol. The normalized spacial score (nSPS) is 31.2. The number of nitrogens with zero attached hydrogens (tertiary/aromatic N) is 2. The number of fused-ring (bicyclic) bond motifs is 4. The van der Waals surface area contributed by atoms with Crippen molar-refractivity contribution in [3.63, 3.8) is 0 Å². The van der Waals surface area contributed by atoms with Gasteiger partial charge in [-0.1, -0.05) is 19.9 Å². The molecule has 0 spiro atoms. The van der Waals surface area contributed by atoms with Crippen LogP contribution in [0.1, 0.15) is 45.1 Å². The van der Waals surface area contributed by atoms with Gasteiger partial charge in [-0.25, -0.2) is 0 Å². The quantitative estimate of drug-likeness (QED) is 0.676. The summed E-state index contributed by atoms with van der Waals surface area (Å²) in [6, 6.07) is 8.51. The number of piperidine rings is 3. The van der Waals surface area contributed by atoms with Gasteiger partial charge in [0.2, 0.25) is 0 Å². The molecular formula is C24H32N2O. The van der Waals surface area contributed by atoms with E-state index in [-0.39, 0.29) is 5.54 Å². The summed E-state index contributed by atoms with van der Waals surface area (Å²) in [5, 5.41) is 1.25. The third kappa shape index (κ3) is 3.06. The molecule has 3 aliphatic heterocycles. The second-order valence-corrected chi connectivity index (χ2v) is 8.98. The number of rotatable bonds is 5. The molecule has 3 heteroatoms. The van der Waals surface area contributed by atoms with E-state index in [1.165, 1.54) is 36.9 Å². The SMILES string of the molecule is C=CC1(C)CC2CCN1CC2[C@@H](c1ccnc2ccc(OC)cc12)C(C)C. The van der Waals surface area contributed by atoms with Gasteiger partial charge < -0.3 is 4.74 Å². The molecule has 144 valence electrons. The molecule has 4 heterocycles. The zero-order valence-electron chi connectivity index (χ0n) is 17.1. The van der Waals surface area contributed by atoms with Gasteiger partial charge >= 0.3 is 0 Å². The van der Waals surface area contributed by atoms with Crippen LogP contribution < -0.4 is 4.74 Å². The first-order valence-electron chi connectivity index (χ1n) is 10.3. The molecule has 2 bridgehead atoms. The van der Waals surface area contributed by atoms with Crippen molar-refractivity contribution in [3.05, 3.63) is 48.7 Å². The van der Waals surface area contributed by atoms with Gasteiger partial charge in [-0.2, -0.15) is 0 Å². The van der Waals surface area contributed by atoms with Crippen molar-refractivity contribution in [2.24, 2.45) is 17.8 Å². The van der Waals surface area contributed by atoms with Crippen molar-refractivity contribution in [2.75, 3.05) is 20.2 Å². The summed E-state index contributed by atoms with van der Waals surface area (Å²) in [4.78, 5) is 7.28. The van der Waals surface area contributed by atoms with Crippen LogP contribution in [0.5, 0.6) is 5.75 Å². The summed E-state index contributed by atoms with van der Waals surface area (Å²) in [6.07, 6.45) is 6.70. The topological polar surface area (TPSA) is 25.4 Å². The van der Waals surface area contributed by atoms with E-state index in [0.717, 1.165) is 17.2 Å². The summed E-state index contributed by atoms with van der Waals surface area (Å²) in [7, 11) is 1.74. The number of aromatic nitrogens is 1. The maximum Gasteiger partial charge on any atom is 0.119 e. The lowest BCUT2D eigenvalue weighted by Gasteiger charge is -2.57. The molecule has 3 aliphatic rings. The minimum atomic E-state index is 0.171. The highest BCUT2D eigenvalue weighted by Crippen LogP contribution is 2.50. The van der Waals surface area contributed by atoms with E-state index < -0.39 is 0 Å². The lowest BCUT2D eigenvalue weighted by molar-refractivity contribution is -0.0440. The minimum absolute atomic E-state index is 0.171. The number of methoxy groups -OCH3 is 1. The molecule has 1 aromatic carbocycles. The van der Waals surface area contributed by atoms with Crippen molar-refractivity contribution >= 4 is 10.9 Å². The third-order valence-electron chi connectivity index (χ3n) is 7.17. The number of ether oxygens (including phenoxy) is 1. The fourth-order valence-corrected chi connectivity index (χ4v) is 5.68. The average molecular weight is 365 g/mol. The minimum Gasteiger partial charge on any atom is -0.497 e. The maximum absolute atomic E-state index is 5.51. The molecule has 0 saturated carbocycles. The van der Waals surface area contributed by atoms with Gasteiger partial charge in [-0.3, -0.25) is 9.88 Å². The maximum atomic E-state index is 5.51. The largest absolute Gasteiger partial charge is 0.497 e. The Bertz CT molecular complexity index is 845. The van der Waals surface area contributed by atoms with Crippen LogP contribution in [-0.2, 0) is 0 Å². The highest BCUT2D eigenvalue weighted by Gasteiger charge is 2.48. The molecule has 0 aliphatic carbocycles. The van der Waals surface area contributed by atoms with Crippen LogP contribution in [-0.4, -0.2) is 35.6 Å². The summed E-state index contributed by atoms with van der Waals surface area (Å²) >= 11 is 0. The van der Waals surface area contributed by atoms with Gasteiger partial charge in [0.15, 0.2) is 0 Å². The van der Waals surface area contributed by atoms with E-state index in [9.17, 15) is 0 Å². The monoisotopic (exact) mass is 364 g/mol. The Morgan fingerprint density at radius 2 is 2.15 bits per heavy atom. The predicted octanol–water partition coefficient (Wildman–Crippen LogP) is 5.27. The lowest BCUT2D eigenvalue weighted by atomic mass is 9.62. The van der Waals surface area contributed by atoms with Gasteiger partial charge in [0.1, 0.15) is 5.75 Å². The molecule has 1 aromatic heterocycles. The lowest BCUT2D eigenvalue weighted by Crippen LogP contribution is -2.60. The van der Waals surface area contributed by atoms with E-state index in [2.05, 4.69) is 61.5 Å². The van der Waals surface area contributed by atoms with Crippen molar-refractivity contribution in [2.45, 2.75) is 45.1 Å². The van der Waals surface area contributed by atoms with Crippen molar-refractivity contribution < 1.29 is 4.74 Å². The second kappa shape index (κ2) is 6.94. The van der Waals surface area contributed by atoms with Gasteiger partial charge in [-0.15, -0.1) is 6.58 Å². The zero-order valence-corrected chi connectivity index (χ0v) is 17.1. The first-order valence-corrected chi connectivity index (χ1v) is 10.3. The Morgan fingerprint density at radius 3 is 2.78 bits per heavy atom. The number of benzene rings is 1. The molecule has 5 atom stereocenters. The van der Waals surface area contributed by atoms with Crippen LogP contribution in [0.4, 0.5) is 0 Å². The molecule has 0 radical (unpaired) electrons. The highest BCUT2D eigenvalue weighted by atomic mass is 16.5. The molecule has 3 nitrogen and oxygen atoms in total. The first kappa shape index (κ1) is 18.5. The van der Waals surface area contributed by atoms with E-state index in [1.807, 2.05) is 12.3 Å². The van der Waals surface area contributed by atoms with E-state index in [0.29, 0.717) is 17.8 Å². The van der Waals surface area contributed by atoms with Crippen molar-refractivity contribution in [1.29, 1.82) is 0 Å². The van der Waals surface area contributed by atoms with Crippen LogP contribution in [0.2, 0.25) is 0 Å². The molecular weight excluding hydrogens is 332 g/mol. The van der Waals surface area contributed by atoms with Gasteiger partial charge in [0.25, 0.3) is 0 Å². The van der Waals surface area contributed by atoms with E-state index in [4.69, 9.17) is 4.74 Å². The smallest absolute Gasteiger partial charge is 0.119 e. The fraction of sp³-hybridized carbons (Fsp3) is 0.542. The Labute approximate surface area is 163 Å². The summed E-state index contributed by atoms with van der Waals surface area (Å²) in [6.45, 7) is 13.6. The van der Waals surface area contributed by atoms with Crippen LogP contribution in [0.15, 0.2) is 43.1 Å². The van der Waals surface area contributed by atoms with E-state index >= 15 is 0 Å². The second-order valence-electron chi connectivity index (χ2n) is 8.98. The van der Waals surface area contributed by atoms with Crippen LogP contribution in [0, 0.1) is 17.8 Å². The van der Waals surface area contributed by atoms with Crippen LogP contribution in [0.3, 0.4) is 0 Å². The Morgan fingerprint density at radius 1 is 1.33 bits per heavy atom. The van der Waals surface area contributed by atoms with E-state index in [1.54, 1.807) is 7.11 Å².